The Hall–Kier alpha value is -1.42. The van der Waals surface area contributed by atoms with Gasteiger partial charge in [0.15, 0.2) is 5.75 Å². The van der Waals surface area contributed by atoms with Crippen LogP contribution in [0.15, 0.2) is 12.1 Å². The van der Waals surface area contributed by atoms with Crippen LogP contribution in [0, 0.1) is 5.92 Å². The summed E-state index contributed by atoms with van der Waals surface area (Å²) in [5.74, 6) is 0.416. The number of halogens is 1. The molecule has 5 heteroatoms. The molecule has 0 spiro atoms. The van der Waals surface area contributed by atoms with E-state index in [1.54, 1.807) is 6.07 Å². The first kappa shape index (κ1) is 14.0. The van der Waals surface area contributed by atoms with Gasteiger partial charge in [-0.3, -0.25) is 4.79 Å². The van der Waals surface area contributed by atoms with Gasteiger partial charge in [0.25, 0.3) is 5.91 Å². The molecular weight excluding hydrogens is 264 g/mol. The Morgan fingerprint density at radius 1 is 1.42 bits per heavy atom. The van der Waals surface area contributed by atoms with Crippen LogP contribution in [0.3, 0.4) is 0 Å². The number of hydrogen-bond donors (Lipinski definition) is 2. The zero-order valence-electron chi connectivity index (χ0n) is 11.0. The van der Waals surface area contributed by atoms with E-state index in [0.29, 0.717) is 22.4 Å². The minimum absolute atomic E-state index is 0.0861. The van der Waals surface area contributed by atoms with Crippen LogP contribution in [0.4, 0.5) is 5.69 Å². The van der Waals surface area contributed by atoms with E-state index in [4.69, 9.17) is 27.8 Å². The minimum Gasteiger partial charge on any atom is -0.488 e. The molecule has 1 aromatic carbocycles. The van der Waals surface area contributed by atoms with Crippen molar-refractivity contribution in [1.29, 1.82) is 0 Å². The molecule has 0 aromatic heterocycles. The summed E-state index contributed by atoms with van der Waals surface area (Å²) < 4.78 is 5.92. The summed E-state index contributed by atoms with van der Waals surface area (Å²) in [6, 6.07) is 3.09. The lowest BCUT2D eigenvalue weighted by molar-refractivity contribution is 0.0981. The molecule has 0 heterocycles. The van der Waals surface area contributed by atoms with Gasteiger partial charge in [0.1, 0.15) is 0 Å². The standard InChI is InChI=1S/C14H19ClN2O2/c1-8-3-2-4-10(5-8)19-13-11(14(17)18)6-9(16)7-12(13)15/h6-8,10H,2-5,16H2,1H3,(H2,17,18). The maximum Gasteiger partial charge on any atom is 0.252 e. The molecule has 0 radical (unpaired) electrons. The number of anilines is 1. The van der Waals surface area contributed by atoms with E-state index in [1.165, 1.54) is 12.5 Å². The van der Waals surface area contributed by atoms with Crippen LogP contribution < -0.4 is 16.2 Å². The monoisotopic (exact) mass is 282 g/mol. The SMILES string of the molecule is CC1CCCC(Oc2c(Cl)cc(N)cc2C(N)=O)C1. The highest BCUT2D eigenvalue weighted by Crippen LogP contribution is 2.35. The van der Waals surface area contributed by atoms with Crippen LogP contribution >= 0.6 is 11.6 Å². The van der Waals surface area contributed by atoms with Gasteiger partial charge in [0.05, 0.1) is 16.7 Å². The van der Waals surface area contributed by atoms with E-state index in [1.807, 2.05) is 0 Å². The quantitative estimate of drug-likeness (QED) is 0.837. The van der Waals surface area contributed by atoms with Gasteiger partial charge in [-0.1, -0.05) is 24.9 Å². The van der Waals surface area contributed by atoms with Crippen LogP contribution in [0.1, 0.15) is 43.0 Å². The van der Waals surface area contributed by atoms with E-state index < -0.39 is 5.91 Å². The molecule has 4 nitrogen and oxygen atoms in total. The average Bonchev–Trinajstić information content (AvgIpc) is 2.32. The first-order chi connectivity index (χ1) is 8.97. The van der Waals surface area contributed by atoms with E-state index in [2.05, 4.69) is 6.92 Å². The first-order valence-electron chi connectivity index (χ1n) is 6.53. The zero-order valence-corrected chi connectivity index (χ0v) is 11.7. The van der Waals surface area contributed by atoms with Crippen molar-refractivity contribution < 1.29 is 9.53 Å². The summed E-state index contributed by atoms with van der Waals surface area (Å²) in [7, 11) is 0. The van der Waals surface area contributed by atoms with Crippen molar-refractivity contribution in [2.24, 2.45) is 11.7 Å². The second kappa shape index (κ2) is 5.70. The fraction of sp³-hybridized carbons (Fsp3) is 0.500. The Kier molecular flexibility index (Phi) is 4.20. The summed E-state index contributed by atoms with van der Waals surface area (Å²) in [5, 5.41) is 0.340. The number of rotatable bonds is 3. The van der Waals surface area contributed by atoms with Gasteiger partial charge >= 0.3 is 0 Å². The van der Waals surface area contributed by atoms with E-state index in [0.717, 1.165) is 19.3 Å². The molecule has 2 atom stereocenters. The molecule has 4 N–H and O–H groups in total. The Morgan fingerprint density at radius 2 is 2.16 bits per heavy atom. The second-order valence-electron chi connectivity index (χ2n) is 5.26. The molecule has 1 saturated carbocycles. The van der Waals surface area contributed by atoms with Crippen molar-refractivity contribution >= 4 is 23.2 Å². The molecule has 2 unspecified atom stereocenters. The lowest BCUT2D eigenvalue weighted by Crippen LogP contribution is -2.25. The number of nitrogens with two attached hydrogens (primary N) is 2. The lowest BCUT2D eigenvalue weighted by Gasteiger charge is -2.28. The fourth-order valence-electron chi connectivity index (χ4n) is 2.57. The van der Waals surface area contributed by atoms with E-state index in [-0.39, 0.29) is 11.7 Å². The van der Waals surface area contributed by atoms with Crippen molar-refractivity contribution in [1.82, 2.24) is 0 Å². The predicted octanol–water partition coefficient (Wildman–Crippen LogP) is 2.98. The van der Waals surface area contributed by atoms with Crippen LogP contribution in [0.25, 0.3) is 0 Å². The summed E-state index contributed by atoms with van der Waals surface area (Å²) in [5.41, 5.74) is 11.7. The molecule has 2 rings (SSSR count). The smallest absolute Gasteiger partial charge is 0.252 e. The summed E-state index contributed by atoms with van der Waals surface area (Å²) in [4.78, 5) is 11.5. The number of nitrogen functional groups attached to an aromatic ring is 1. The normalized spacial score (nSPS) is 23.1. The van der Waals surface area contributed by atoms with E-state index in [9.17, 15) is 4.79 Å². The van der Waals surface area contributed by atoms with Gasteiger partial charge in [-0.25, -0.2) is 0 Å². The van der Waals surface area contributed by atoms with Gasteiger partial charge in [-0.2, -0.15) is 0 Å². The highest BCUT2D eigenvalue weighted by Gasteiger charge is 2.23. The summed E-state index contributed by atoms with van der Waals surface area (Å²) >= 11 is 6.12. The summed E-state index contributed by atoms with van der Waals surface area (Å²) in [6.07, 6.45) is 4.38. The number of carbonyl (C=O) groups is 1. The van der Waals surface area contributed by atoms with Crippen LogP contribution in [0.5, 0.6) is 5.75 Å². The molecule has 104 valence electrons. The highest BCUT2D eigenvalue weighted by atomic mass is 35.5. The third-order valence-corrected chi connectivity index (χ3v) is 3.78. The van der Waals surface area contributed by atoms with Crippen LogP contribution in [0.2, 0.25) is 5.02 Å². The maximum atomic E-state index is 11.5. The molecule has 0 aliphatic heterocycles. The fourth-order valence-corrected chi connectivity index (χ4v) is 2.84. The number of primary amides is 1. The molecule has 1 fully saturated rings. The van der Waals surface area contributed by atoms with Crippen molar-refractivity contribution in [3.05, 3.63) is 22.7 Å². The topological polar surface area (TPSA) is 78.3 Å². The second-order valence-corrected chi connectivity index (χ2v) is 5.66. The summed E-state index contributed by atoms with van der Waals surface area (Å²) in [6.45, 7) is 2.20. The highest BCUT2D eigenvalue weighted by molar-refractivity contribution is 6.33. The number of hydrogen-bond acceptors (Lipinski definition) is 3. The molecule has 1 aliphatic carbocycles. The predicted molar refractivity (Wildman–Crippen MR) is 76.4 cm³/mol. The average molecular weight is 283 g/mol. The van der Waals surface area contributed by atoms with Gasteiger partial charge in [0.2, 0.25) is 0 Å². The van der Waals surface area contributed by atoms with Crippen LogP contribution in [-0.4, -0.2) is 12.0 Å². The van der Waals surface area contributed by atoms with Crippen molar-refractivity contribution in [3.63, 3.8) is 0 Å². The van der Waals surface area contributed by atoms with E-state index >= 15 is 0 Å². The Balaban J connectivity index is 2.26. The Labute approximate surface area is 118 Å². The number of benzene rings is 1. The third kappa shape index (κ3) is 3.32. The van der Waals surface area contributed by atoms with Crippen molar-refractivity contribution in [2.45, 2.75) is 38.7 Å². The molecule has 1 aromatic rings. The largest absolute Gasteiger partial charge is 0.488 e. The first-order valence-corrected chi connectivity index (χ1v) is 6.90. The molecule has 1 amide bonds. The third-order valence-electron chi connectivity index (χ3n) is 3.50. The van der Waals surface area contributed by atoms with Gasteiger partial charge in [-0.15, -0.1) is 0 Å². The van der Waals surface area contributed by atoms with Gasteiger partial charge < -0.3 is 16.2 Å². The Bertz CT molecular complexity index is 491. The zero-order chi connectivity index (χ0) is 14.0. The minimum atomic E-state index is -0.576. The number of ether oxygens (including phenoxy) is 1. The van der Waals surface area contributed by atoms with Gasteiger partial charge in [-0.05, 0) is 37.3 Å². The maximum absolute atomic E-state index is 11.5. The molecule has 0 saturated heterocycles. The number of carbonyl (C=O) groups excluding carboxylic acids is 1. The molecule has 1 aliphatic rings. The lowest BCUT2D eigenvalue weighted by atomic mass is 9.88. The molecule has 0 bridgehead atoms. The molecular formula is C14H19ClN2O2. The van der Waals surface area contributed by atoms with Crippen molar-refractivity contribution in [3.8, 4) is 5.75 Å². The Morgan fingerprint density at radius 3 is 2.79 bits per heavy atom. The van der Waals surface area contributed by atoms with Crippen LogP contribution in [-0.2, 0) is 0 Å². The number of amides is 1. The van der Waals surface area contributed by atoms with Crippen molar-refractivity contribution in [2.75, 3.05) is 5.73 Å². The van der Waals surface area contributed by atoms with Gasteiger partial charge in [0, 0.05) is 5.69 Å². The molecule has 19 heavy (non-hydrogen) atoms.